The van der Waals surface area contributed by atoms with Gasteiger partial charge >= 0.3 is 0 Å². The number of primary amides is 1. The second-order valence-corrected chi connectivity index (χ2v) is 7.60. The van der Waals surface area contributed by atoms with Crippen LogP contribution in [0.4, 0.5) is 5.95 Å². The van der Waals surface area contributed by atoms with Crippen molar-refractivity contribution in [1.82, 2.24) is 14.9 Å². The Morgan fingerprint density at radius 1 is 1.07 bits per heavy atom. The van der Waals surface area contributed by atoms with E-state index < -0.39 is 5.91 Å². The Labute approximate surface area is 159 Å². The van der Waals surface area contributed by atoms with Gasteiger partial charge in [0.1, 0.15) is 5.69 Å². The van der Waals surface area contributed by atoms with E-state index in [2.05, 4.69) is 4.90 Å². The van der Waals surface area contributed by atoms with Crippen molar-refractivity contribution in [3.05, 3.63) is 17.0 Å². The van der Waals surface area contributed by atoms with Gasteiger partial charge in [0, 0.05) is 37.3 Å². The van der Waals surface area contributed by atoms with Crippen LogP contribution in [0, 0.1) is 0 Å². The Morgan fingerprint density at radius 2 is 1.85 bits per heavy atom. The maximum atomic E-state index is 13.4. The second kappa shape index (κ2) is 7.80. The molecule has 4 rings (SSSR count). The molecule has 0 bridgehead atoms. The number of morpholine rings is 1. The minimum absolute atomic E-state index is 0.109. The van der Waals surface area contributed by atoms with E-state index in [1.54, 1.807) is 4.90 Å². The number of amides is 2. The van der Waals surface area contributed by atoms with Crippen LogP contribution < -0.4 is 10.6 Å². The summed E-state index contributed by atoms with van der Waals surface area (Å²) in [6.45, 7) is 3.13. The maximum Gasteiger partial charge on any atom is 0.273 e. The summed E-state index contributed by atoms with van der Waals surface area (Å²) >= 11 is 0. The molecule has 3 aliphatic rings. The van der Waals surface area contributed by atoms with Crippen LogP contribution in [0.3, 0.4) is 0 Å². The molecular weight excluding hydrogens is 346 g/mol. The van der Waals surface area contributed by atoms with Crippen molar-refractivity contribution in [2.75, 3.05) is 37.7 Å². The predicted octanol–water partition coefficient (Wildman–Crippen LogP) is 0.672. The number of nitrogens with two attached hydrogens (primary N) is 1. The van der Waals surface area contributed by atoms with E-state index in [4.69, 9.17) is 20.4 Å². The highest BCUT2D eigenvalue weighted by molar-refractivity contribution is 5.95. The van der Waals surface area contributed by atoms with Crippen molar-refractivity contribution in [3.8, 4) is 0 Å². The molecule has 2 aliphatic heterocycles. The fourth-order valence-electron chi connectivity index (χ4n) is 4.28. The van der Waals surface area contributed by atoms with E-state index in [1.165, 1.54) is 0 Å². The number of rotatable bonds is 4. The minimum Gasteiger partial charge on any atom is -0.377 e. The van der Waals surface area contributed by atoms with Crippen LogP contribution in [0.25, 0.3) is 0 Å². The highest BCUT2D eigenvalue weighted by Crippen LogP contribution is 2.28. The number of hydrogen-bond acceptors (Lipinski definition) is 6. The molecule has 1 aromatic heterocycles. The smallest absolute Gasteiger partial charge is 0.273 e. The van der Waals surface area contributed by atoms with Gasteiger partial charge in [0.2, 0.25) is 11.9 Å². The fourth-order valence-corrected chi connectivity index (χ4v) is 4.28. The second-order valence-electron chi connectivity index (χ2n) is 7.60. The molecule has 2 saturated heterocycles. The average Bonchev–Trinajstić information content (AvgIpc) is 3.21. The first-order valence-corrected chi connectivity index (χ1v) is 9.95. The molecule has 1 atom stereocenters. The lowest BCUT2D eigenvalue weighted by Crippen LogP contribution is -2.50. The monoisotopic (exact) mass is 373 g/mol. The highest BCUT2D eigenvalue weighted by atomic mass is 16.5. The molecule has 0 spiro atoms. The van der Waals surface area contributed by atoms with E-state index in [9.17, 15) is 9.59 Å². The third kappa shape index (κ3) is 3.76. The topological polar surface area (TPSA) is 102 Å². The van der Waals surface area contributed by atoms with Gasteiger partial charge in [-0.3, -0.25) is 9.59 Å². The fraction of sp³-hybridized carbons (Fsp3) is 0.684. The number of carbonyl (C=O) groups is 2. The first-order chi connectivity index (χ1) is 13.1. The standard InChI is InChI=1S/C19H27N5O3/c20-16(25)11-13-12-27-10-9-24(13)18(26)17-14-5-1-2-6-15(14)21-19(22-17)23-7-3-4-8-23/h13H,1-12H2,(H2,20,25). The van der Waals surface area contributed by atoms with Crippen LogP contribution in [0.1, 0.15) is 53.8 Å². The molecule has 0 radical (unpaired) electrons. The molecule has 0 saturated carbocycles. The average molecular weight is 373 g/mol. The summed E-state index contributed by atoms with van der Waals surface area (Å²) in [5, 5.41) is 0. The number of hydrogen-bond donors (Lipinski definition) is 1. The number of carbonyl (C=O) groups excluding carboxylic acids is 2. The summed E-state index contributed by atoms with van der Waals surface area (Å²) in [6.07, 6.45) is 6.25. The lowest BCUT2D eigenvalue weighted by Gasteiger charge is -2.35. The number of nitrogens with zero attached hydrogens (tertiary/aromatic N) is 4. The van der Waals surface area contributed by atoms with Crippen molar-refractivity contribution in [1.29, 1.82) is 0 Å². The summed E-state index contributed by atoms with van der Waals surface area (Å²) in [5.74, 6) is 0.132. The Morgan fingerprint density at radius 3 is 2.63 bits per heavy atom. The third-order valence-corrected chi connectivity index (χ3v) is 5.69. The molecule has 1 aromatic rings. The first-order valence-electron chi connectivity index (χ1n) is 9.95. The molecule has 146 valence electrons. The lowest BCUT2D eigenvalue weighted by atomic mass is 9.94. The Kier molecular flexibility index (Phi) is 5.24. The summed E-state index contributed by atoms with van der Waals surface area (Å²) in [6, 6.07) is -0.326. The van der Waals surface area contributed by atoms with Crippen LogP contribution >= 0.6 is 0 Å². The molecule has 8 nitrogen and oxygen atoms in total. The van der Waals surface area contributed by atoms with E-state index in [0.717, 1.165) is 62.9 Å². The third-order valence-electron chi connectivity index (χ3n) is 5.69. The van der Waals surface area contributed by atoms with E-state index >= 15 is 0 Å². The molecule has 0 aromatic carbocycles. The molecule has 2 fully saturated rings. The Balaban J connectivity index is 1.69. The van der Waals surface area contributed by atoms with Gasteiger partial charge in [-0.1, -0.05) is 0 Å². The van der Waals surface area contributed by atoms with E-state index in [0.29, 0.717) is 31.4 Å². The lowest BCUT2D eigenvalue weighted by molar-refractivity contribution is -0.120. The van der Waals surface area contributed by atoms with Gasteiger partial charge in [-0.2, -0.15) is 0 Å². The van der Waals surface area contributed by atoms with Crippen molar-refractivity contribution in [3.63, 3.8) is 0 Å². The molecule has 2 N–H and O–H groups in total. The number of aryl methyl sites for hydroxylation is 1. The molecule has 8 heteroatoms. The van der Waals surface area contributed by atoms with Crippen molar-refractivity contribution in [2.45, 2.75) is 51.0 Å². The zero-order chi connectivity index (χ0) is 18.8. The van der Waals surface area contributed by atoms with Crippen LogP contribution in [0.15, 0.2) is 0 Å². The molecular formula is C19H27N5O3. The van der Waals surface area contributed by atoms with Crippen LogP contribution in [0.2, 0.25) is 0 Å². The minimum atomic E-state index is -0.425. The highest BCUT2D eigenvalue weighted by Gasteiger charge is 2.33. The summed E-state index contributed by atoms with van der Waals surface area (Å²) in [4.78, 5) is 38.3. The van der Waals surface area contributed by atoms with Gasteiger partial charge in [-0.15, -0.1) is 0 Å². The van der Waals surface area contributed by atoms with Gasteiger partial charge in [0.15, 0.2) is 0 Å². The van der Waals surface area contributed by atoms with Crippen LogP contribution in [-0.2, 0) is 22.4 Å². The summed E-state index contributed by atoms with van der Waals surface area (Å²) in [5.41, 5.74) is 7.89. The molecule has 1 aliphatic carbocycles. The number of ether oxygens (including phenoxy) is 1. The molecule has 3 heterocycles. The Hall–Kier alpha value is -2.22. The molecule has 1 unspecified atom stereocenters. The normalized spacial score (nSPS) is 22.6. The maximum absolute atomic E-state index is 13.4. The summed E-state index contributed by atoms with van der Waals surface area (Å²) in [7, 11) is 0. The van der Waals surface area contributed by atoms with Gasteiger partial charge in [-0.05, 0) is 38.5 Å². The number of fused-ring (bicyclic) bond motifs is 1. The van der Waals surface area contributed by atoms with Gasteiger partial charge in [0.05, 0.1) is 19.3 Å². The molecule has 27 heavy (non-hydrogen) atoms. The van der Waals surface area contributed by atoms with E-state index in [1.807, 2.05) is 0 Å². The predicted molar refractivity (Wildman–Crippen MR) is 99.6 cm³/mol. The zero-order valence-corrected chi connectivity index (χ0v) is 15.7. The largest absolute Gasteiger partial charge is 0.377 e. The van der Waals surface area contributed by atoms with Crippen molar-refractivity contribution >= 4 is 17.8 Å². The van der Waals surface area contributed by atoms with Crippen molar-refractivity contribution < 1.29 is 14.3 Å². The van der Waals surface area contributed by atoms with Gasteiger partial charge < -0.3 is 20.3 Å². The SMILES string of the molecule is NC(=O)CC1COCCN1C(=O)c1nc(N2CCCC2)nc2c1CCCC2. The summed E-state index contributed by atoms with van der Waals surface area (Å²) < 4.78 is 5.47. The zero-order valence-electron chi connectivity index (χ0n) is 15.7. The number of anilines is 1. The first kappa shape index (κ1) is 18.2. The van der Waals surface area contributed by atoms with Gasteiger partial charge in [-0.25, -0.2) is 9.97 Å². The van der Waals surface area contributed by atoms with Crippen LogP contribution in [-0.4, -0.2) is 65.6 Å². The molecule has 2 amide bonds. The van der Waals surface area contributed by atoms with Gasteiger partial charge in [0.25, 0.3) is 5.91 Å². The Bertz CT molecular complexity index is 732. The van der Waals surface area contributed by atoms with Crippen LogP contribution in [0.5, 0.6) is 0 Å². The van der Waals surface area contributed by atoms with Crippen molar-refractivity contribution in [2.24, 2.45) is 5.73 Å². The van der Waals surface area contributed by atoms with E-state index in [-0.39, 0.29) is 18.4 Å². The number of aromatic nitrogens is 2. The quantitative estimate of drug-likeness (QED) is 0.832.